The summed E-state index contributed by atoms with van der Waals surface area (Å²) in [4.78, 5) is 12.5. The van der Waals surface area contributed by atoms with Gasteiger partial charge in [-0.1, -0.05) is 35.9 Å². The smallest absolute Gasteiger partial charge is 0.266 e. The van der Waals surface area contributed by atoms with Crippen molar-refractivity contribution in [1.29, 1.82) is 5.26 Å². The van der Waals surface area contributed by atoms with Crippen LogP contribution in [0.5, 0.6) is 5.75 Å². The number of ether oxygens (including phenoxy) is 1. The lowest BCUT2D eigenvalue weighted by atomic mass is 10.1. The van der Waals surface area contributed by atoms with Crippen molar-refractivity contribution in [2.75, 3.05) is 5.32 Å². The first-order chi connectivity index (χ1) is 14.9. The van der Waals surface area contributed by atoms with Gasteiger partial charge in [-0.3, -0.25) is 4.79 Å². The Morgan fingerprint density at radius 2 is 1.94 bits per heavy atom. The summed E-state index contributed by atoms with van der Waals surface area (Å²) in [6, 6.07) is 18.6. The van der Waals surface area contributed by atoms with Crippen LogP contribution in [-0.2, 0) is 11.4 Å². The average molecular weight is 547 g/mol. The van der Waals surface area contributed by atoms with Crippen LogP contribution in [-0.4, -0.2) is 5.91 Å². The van der Waals surface area contributed by atoms with Gasteiger partial charge in [-0.2, -0.15) is 5.26 Å². The van der Waals surface area contributed by atoms with Crippen molar-refractivity contribution in [1.82, 2.24) is 0 Å². The van der Waals surface area contributed by atoms with Crippen molar-refractivity contribution in [2.45, 2.75) is 13.5 Å². The Bertz CT molecular complexity index is 1190. The van der Waals surface area contributed by atoms with E-state index in [1.54, 1.807) is 42.5 Å². The Hall–Kier alpha value is -2.89. The number of hydrogen-bond donors (Lipinski definition) is 1. The number of amides is 1. The standard InChI is InChI=1S/C24H17ClFIN2O2/c1-15-2-6-19(25)12-22(15)29-24(30)18(13-28)10-17-5-9-23(21(27)11-17)31-14-16-3-7-20(26)8-4-16/h2-12H,14H2,1H3,(H,29,30)/b18-10+. The van der Waals surface area contributed by atoms with Gasteiger partial charge in [-0.15, -0.1) is 0 Å². The number of hydrogen-bond acceptors (Lipinski definition) is 3. The molecule has 0 aromatic heterocycles. The number of rotatable bonds is 6. The van der Waals surface area contributed by atoms with Gasteiger partial charge < -0.3 is 10.1 Å². The molecule has 0 unspecified atom stereocenters. The summed E-state index contributed by atoms with van der Waals surface area (Å²) in [5.74, 6) is -0.156. The molecule has 0 atom stereocenters. The SMILES string of the molecule is Cc1ccc(Cl)cc1NC(=O)/C(C#N)=C/c1ccc(OCc2ccc(F)cc2)c(I)c1. The minimum atomic E-state index is -0.514. The summed E-state index contributed by atoms with van der Waals surface area (Å²) in [7, 11) is 0. The molecule has 0 aliphatic heterocycles. The summed E-state index contributed by atoms with van der Waals surface area (Å²) >= 11 is 8.11. The second-order valence-electron chi connectivity index (χ2n) is 6.69. The zero-order valence-corrected chi connectivity index (χ0v) is 19.4. The Labute approximate surface area is 198 Å². The second kappa shape index (κ2) is 10.4. The zero-order chi connectivity index (χ0) is 22.4. The summed E-state index contributed by atoms with van der Waals surface area (Å²) in [5, 5.41) is 12.7. The van der Waals surface area contributed by atoms with E-state index in [0.717, 1.165) is 14.7 Å². The maximum atomic E-state index is 13.0. The number of benzene rings is 3. The first kappa shape index (κ1) is 22.8. The fourth-order valence-electron chi connectivity index (χ4n) is 2.70. The van der Waals surface area contributed by atoms with Crippen molar-refractivity contribution in [2.24, 2.45) is 0 Å². The quantitative estimate of drug-likeness (QED) is 0.218. The molecule has 0 fully saturated rings. The molecule has 0 aliphatic carbocycles. The van der Waals surface area contributed by atoms with E-state index in [2.05, 4.69) is 27.9 Å². The molecule has 0 spiro atoms. The largest absolute Gasteiger partial charge is 0.488 e. The lowest BCUT2D eigenvalue weighted by molar-refractivity contribution is -0.112. The van der Waals surface area contributed by atoms with E-state index in [1.165, 1.54) is 18.2 Å². The van der Waals surface area contributed by atoms with Crippen LogP contribution in [0.4, 0.5) is 10.1 Å². The van der Waals surface area contributed by atoms with Crippen LogP contribution in [0.2, 0.25) is 5.02 Å². The van der Waals surface area contributed by atoms with Crippen LogP contribution in [0, 0.1) is 27.6 Å². The van der Waals surface area contributed by atoms with Gasteiger partial charge in [0.15, 0.2) is 0 Å². The van der Waals surface area contributed by atoms with Crippen molar-refractivity contribution >= 4 is 51.9 Å². The van der Waals surface area contributed by atoms with Gasteiger partial charge in [0.2, 0.25) is 0 Å². The maximum absolute atomic E-state index is 13.0. The molecule has 7 heteroatoms. The third-order valence-electron chi connectivity index (χ3n) is 4.39. The predicted molar refractivity (Wildman–Crippen MR) is 128 cm³/mol. The Balaban J connectivity index is 1.72. The molecule has 0 heterocycles. The van der Waals surface area contributed by atoms with Gasteiger partial charge in [0.05, 0.1) is 3.57 Å². The topological polar surface area (TPSA) is 62.1 Å². The molecule has 1 amide bonds. The predicted octanol–water partition coefficient (Wildman–Crippen LogP) is 6.52. The highest BCUT2D eigenvalue weighted by molar-refractivity contribution is 14.1. The first-order valence-electron chi connectivity index (χ1n) is 9.22. The molecule has 3 aromatic rings. The van der Waals surface area contributed by atoms with E-state index >= 15 is 0 Å². The van der Waals surface area contributed by atoms with Gasteiger partial charge in [-0.05, 0) is 88.7 Å². The van der Waals surface area contributed by atoms with Crippen LogP contribution in [0.15, 0.2) is 66.2 Å². The molecule has 31 heavy (non-hydrogen) atoms. The fraction of sp³-hybridized carbons (Fsp3) is 0.0833. The summed E-state index contributed by atoms with van der Waals surface area (Å²) in [6.07, 6.45) is 1.52. The van der Waals surface area contributed by atoms with Gasteiger partial charge in [-0.25, -0.2) is 4.39 Å². The number of nitriles is 1. The van der Waals surface area contributed by atoms with E-state index in [1.807, 2.05) is 19.1 Å². The monoisotopic (exact) mass is 546 g/mol. The molecule has 0 saturated carbocycles. The van der Waals surface area contributed by atoms with Crippen LogP contribution in [0.1, 0.15) is 16.7 Å². The summed E-state index contributed by atoms with van der Waals surface area (Å²) in [5.41, 5.74) is 2.90. The molecule has 4 nitrogen and oxygen atoms in total. The molecular weight excluding hydrogens is 530 g/mol. The van der Waals surface area contributed by atoms with E-state index in [-0.39, 0.29) is 11.4 Å². The highest BCUT2D eigenvalue weighted by Gasteiger charge is 2.12. The lowest BCUT2D eigenvalue weighted by Crippen LogP contribution is -2.14. The second-order valence-corrected chi connectivity index (χ2v) is 8.29. The molecule has 3 rings (SSSR count). The maximum Gasteiger partial charge on any atom is 0.266 e. The molecule has 3 aromatic carbocycles. The van der Waals surface area contributed by atoms with Crippen LogP contribution < -0.4 is 10.1 Å². The minimum Gasteiger partial charge on any atom is -0.488 e. The number of carbonyl (C=O) groups is 1. The fourth-order valence-corrected chi connectivity index (χ4v) is 3.57. The van der Waals surface area contributed by atoms with Gasteiger partial charge >= 0.3 is 0 Å². The lowest BCUT2D eigenvalue weighted by Gasteiger charge is -2.10. The van der Waals surface area contributed by atoms with Gasteiger partial charge in [0, 0.05) is 10.7 Å². The number of nitrogens with one attached hydrogen (secondary N) is 1. The Morgan fingerprint density at radius 1 is 1.19 bits per heavy atom. The minimum absolute atomic E-state index is 0.0323. The number of nitrogens with zero attached hydrogens (tertiary/aromatic N) is 1. The molecule has 1 N–H and O–H groups in total. The number of aryl methyl sites for hydroxylation is 1. The van der Waals surface area contributed by atoms with Crippen molar-refractivity contribution in [3.8, 4) is 11.8 Å². The third-order valence-corrected chi connectivity index (χ3v) is 5.47. The van der Waals surface area contributed by atoms with Gasteiger partial charge in [0.1, 0.15) is 29.8 Å². The molecule has 0 radical (unpaired) electrons. The number of carbonyl (C=O) groups excluding carboxylic acids is 1. The molecular formula is C24H17ClFIN2O2. The first-order valence-corrected chi connectivity index (χ1v) is 10.7. The van der Waals surface area contributed by atoms with E-state index in [9.17, 15) is 14.4 Å². The third kappa shape index (κ3) is 6.29. The molecule has 0 aliphatic rings. The van der Waals surface area contributed by atoms with E-state index in [0.29, 0.717) is 28.6 Å². The molecule has 0 saturated heterocycles. The van der Waals surface area contributed by atoms with Crippen molar-refractivity contribution in [3.63, 3.8) is 0 Å². The van der Waals surface area contributed by atoms with E-state index < -0.39 is 5.91 Å². The molecule has 0 bridgehead atoms. The van der Waals surface area contributed by atoms with E-state index in [4.69, 9.17) is 16.3 Å². The highest BCUT2D eigenvalue weighted by Crippen LogP contribution is 2.25. The normalized spacial score (nSPS) is 11.0. The van der Waals surface area contributed by atoms with Gasteiger partial charge in [0.25, 0.3) is 5.91 Å². The van der Waals surface area contributed by atoms with Crippen LogP contribution in [0.25, 0.3) is 6.08 Å². The average Bonchev–Trinajstić information content (AvgIpc) is 2.75. The summed E-state index contributed by atoms with van der Waals surface area (Å²) in [6.45, 7) is 2.14. The number of anilines is 1. The number of halogens is 3. The van der Waals surface area contributed by atoms with Crippen LogP contribution >= 0.6 is 34.2 Å². The summed E-state index contributed by atoms with van der Waals surface area (Å²) < 4.78 is 19.6. The Morgan fingerprint density at radius 3 is 2.61 bits per heavy atom. The van der Waals surface area contributed by atoms with Crippen molar-refractivity contribution < 1.29 is 13.9 Å². The highest BCUT2D eigenvalue weighted by atomic mass is 127. The van der Waals surface area contributed by atoms with Crippen LogP contribution in [0.3, 0.4) is 0 Å². The Kier molecular flexibility index (Phi) is 7.66. The van der Waals surface area contributed by atoms with Crippen molar-refractivity contribution in [3.05, 3.63) is 97.3 Å². The zero-order valence-electron chi connectivity index (χ0n) is 16.5. The molecule has 156 valence electrons.